The zero-order valence-corrected chi connectivity index (χ0v) is 11.6. The maximum Gasteiger partial charge on any atom is 0.0241 e. The average molecular weight is 238 g/mol. The lowest BCUT2D eigenvalue weighted by molar-refractivity contribution is 0.161. The molecule has 0 heterocycles. The predicted molar refractivity (Wildman–Crippen MR) is 73.4 cm³/mol. The minimum Gasteiger partial charge on any atom is -0.271 e. The summed E-state index contributed by atoms with van der Waals surface area (Å²) in [5.74, 6) is 9.37. The molecule has 0 bridgehead atoms. The maximum atomic E-state index is 5.82. The van der Waals surface area contributed by atoms with Gasteiger partial charge in [-0.05, 0) is 49.4 Å². The first-order valence-corrected chi connectivity index (χ1v) is 7.65. The van der Waals surface area contributed by atoms with Crippen molar-refractivity contribution in [3.8, 4) is 0 Å². The van der Waals surface area contributed by atoms with Gasteiger partial charge in [-0.15, -0.1) is 0 Å². The van der Waals surface area contributed by atoms with Gasteiger partial charge in [0.1, 0.15) is 0 Å². The highest BCUT2D eigenvalue weighted by Crippen LogP contribution is 2.38. The van der Waals surface area contributed by atoms with Crippen molar-refractivity contribution in [2.24, 2.45) is 29.5 Å². The summed E-state index contributed by atoms with van der Waals surface area (Å²) in [5.41, 5.74) is 3.14. The first kappa shape index (κ1) is 13.4. The lowest BCUT2D eigenvalue weighted by Gasteiger charge is -2.37. The van der Waals surface area contributed by atoms with Crippen molar-refractivity contribution in [3.05, 3.63) is 0 Å². The molecule has 3 unspecified atom stereocenters. The number of rotatable bonds is 4. The molecule has 0 aromatic carbocycles. The molecule has 0 amide bonds. The zero-order chi connectivity index (χ0) is 12.3. The number of hydrogen-bond acceptors (Lipinski definition) is 2. The molecule has 2 heteroatoms. The van der Waals surface area contributed by atoms with Crippen LogP contribution < -0.4 is 11.3 Å². The molecule has 2 saturated carbocycles. The van der Waals surface area contributed by atoms with Gasteiger partial charge in [0.15, 0.2) is 0 Å². The third-order valence-electron chi connectivity index (χ3n) is 5.06. The monoisotopic (exact) mass is 238 g/mol. The molecule has 17 heavy (non-hydrogen) atoms. The van der Waals surface area contributed by atoms with Crippen LogP contribution in [-0.4, -0.2) is 6.04 Å². The molecule has 2 aliphatic carbocycles. The second-order valence-electron chi connectivity index (χ2n) is 6.84. The standard InChI is InChI=1S/C15H30N2/c1-11-7-12(2)9-14(8-11)15(17-16)10-13-5-3-4-6-13/h11-15,17H,3-10,16H2,1-2H3. The molecule has 0 aliphatic heterocycles. The number of hydrogen-bond donors (Lipinski definition) is 2. The van der Waals surface area contributed by atoms with E-state index < -0.39 is 0 Å². The van der Waals surface area contributed by atoms with Gasteiger partial charge in [0.05, 0.1) is 0 Å². The van der Waals surface area contributed by atoms with Gasteiger partial charge in [-0.3, -0.25) is 11.3 Å². The van der Waals surface area contributed by atoms with Gasteiger partial charge in [-0.1, -0.05) is 39.5 Å². The van der Waals surface area contributed by atoms with Gasteiger partial charge in [0.2, 0.25) is 0 Å². The fourth-order valence-corrected chi connectivity index (χ4v) is 4.34. The van der Waals surface area contributed by atoms with E-state index in [4.69, 9.17) is 5.84 Å². The van der Waals surface area contributed by atoms with Crippen LogP contribution in [0.25, 0.3) is 0 Å². The average Bonchev–Trinajstić information content (AvgIpc) is 2.77. The topological polar surface area (TPSA) is 38.0 Å². The van der Waals surface area contributed by atoms with Crippen LogP contribution in [0.3, 0.4) is 0 Å². The smallest absolute Gasteiger partial charge is 0.0241 e. The summed E-state index contributed by atoms with van der Waals surface area (Å²) < 4.78 is 0. The largest absolute Gasteiger partial charge is 0.271 e. The van der Waals surface area contributed by atoms with E-state index in [-0.39, 0.29) is 0 Å². The van der Waals surface area contributed by atoms with Crippen molar-refractivity contribution in [1.29, 1.82) is 0 Å². The van der Waals surface area contributed by atoms with E-state index in [0.717, 1.165) is 23.7 Å². The Labute approximate surface area is 107 Å². The number of nitrogens with one attached hydrogen (secondary N) is 1. The highest BCUT2D eigenvalue weighted by molar-refractivity contribution is 4.85. The van der Waals surface area contributed by atoms with E-state index >= 15 is 0 Å². The van der Waals surface area contributed by atoms with Gasteiger partial charge < -0.3 is 0 Å². The Kier molecular flexibility index (Phi) is 4.87. The lowest BCUT2D eigenvalue weighted by atomic mass is 9.72. The third kappa shape index (κ3) is 3.69. The Hall–Kier alpha value is -0.0800. The normalized spacial score (nSPS) is 37.2. The summed E-state index contributed by atoms with van der Waals surface area (Å²) in [4.78, 5) is 0. The SMILES string of the molecule is CC1CC(C)CC(C(CC2CCCC2)NN)C1. The van der Waals surface area contributed by atoms with Gasteiger partial charge in [0.25, 0.3) is 0 Å². The van der Waals surface area contributed by atoms with Crippen molar-refractivity contribution >= 4 is 0 Å². The molecule has 0 aromatic rings. The molecule has 0 saturated heterocycles. The maximum absolute atomic E-state index is 5.82. The second-order valence-corrected chi connectivity index (χ2v) is 6.84. The fourth-order valence-electron chi connectivity index (χ4n) is 4.34. The second kappa shape index (κ2) is 6.19. The zero-order valence-electron chi connectivity index (χ0n) is 11.6. The lowest BCUT2D eigenvalue weighted by Crippen LogP contribution is -2.44. The van der Waals surface area contributed by atoms with Gasteiger partial charge in [-0.2, -0.15) is 0 Å². The van der Waals surface area contributed by atoms with Gasteiger partial charge in [-0.25, -0.2) is 0 Å². The summed E-state index contributed by atoms with van der Waals surface area (Å²) in [5, 5.41) is 0. The van der Waals surface area contributed by atoms with E-state index in [0.29, 0.717) is 6.04 Å². The van der Waals surface area contributed by atoms with E-state index in [2.05, 4.69) is 19.3 Å². The summed E-state index contributed by atoms with van der Waals surface area (Å²) in [6.07, 6.45) is 11.3. The Bertz CT molecular complexity index is 213. The van der Waals surface area contributed by atoms with Crippen LogP contribution >= 0.6 is 0 Å². The van der Waals surface area contributed by atoms with Crippen molar-refractivity contribution < 1.29 is 0 Å². The molecule has 2 fully saturated rings. The molecule has 2 rings (SSSR count). The van der Waals surface area contributed by atoms with E-state index in [1.54, 1.807) is 0 Å². The Morgan fingerprint density at radius 1 is 1.06 bits per heavy atom. The van der Waals surface area contributed by atoms with Crippen LogP contribution in [0, 0.1) is 23.7 Å². The third-order valence-corrected chi connectivity index (χ3v) is 5.06. The highest BCUT2D eigenvalue weighted by atomic mass is 15.2. The Morgan fingerprint density at radius 3 is 2.18 bits per heavy atom. The summed E-state index contributed by atoms with van der Waals surface area (Å²) in [7, 11) is 0. The van der Waals surface area contributed by atoms with Crippen LogP contribution in [0.2, 0.25) is 0 Å². The van der Waals surface area contributed by atoms with Crippen molar-refractivity contribution in [2.45, 2.75) is 71.3 Å². The van der Waals surface area contributed by atoms with Crippen molar-refractivity contribution in [2.75, 3.05) is 0 Å². The molecule has 3 atom stereocenters. The molecule has 0 spiro atoms. The predicted octanol–water partition coefficient (Wildman–Crippen LogP) is 3.47. The van der Waals surface area contributed by atoms with Crippen LogP contribution in [0.1, 0.15) is 65.2 Å². The summed E-state index contributed by atoms with van der Waals surface area (Å²) in [6.45, 7) is 4.82. The first-order chi connectivity index (χ1) is 8.19. The molecule has 2 aliphatic rings. The number of hydrazine groups is 1. The summed E-state index contributed by atoms with van der Waals surface area (Å²) >= 11 is 0. The molecular weight excluding hydrogens is 208 g/mol. The fraction of sp³-hybridized carbons (Fsp3) is 1.00. The van der Waals surface area contributed by atoms with Crippen molar-refractivity contribution in [3.63, 3.8) is 0 Å². The minimum atomic E-state index is 0.572. The molecule has 0 radical (unpaired) electrons. The Balaban J connectivity index is 1.87. The minimum absolute atomic E-state index is 0.572. The molecular formula is C15H30N2. The van der Waals surface area contributed by atoms with E-state index in [1.165, 1.54) is 51.4 Å². The Morgan fingerprint density at radius 2 is 1.65 bits per heavy atom. The van der Waals surface area contributed by atoms with Crippen LogP contribution in [0.4, 0.5) is 0 Å². The number of nitrogens with two attached hydrogens (primary N) is 1. The van der Waals surface area contributed by atoms with Gasteiger partial charge in [0, 0.05) is 6.04 Å². The highest BCUT2D eigenvalue weighted by Gasteiger charge is 2.31. The van der Waals surface area contributed by atoms with Crippen molar-refractivity contribution in [1.82, 2.24) is 5.43 Å². The van der Waals surface area contributed by atoms with Crippen LogP contribution in [0.15, 0.2) is 0 Å². The first-order valence-electron chi connectivity index (χ1n) is 7.65. The quantitative estimate of drug-likeness (QED) is 0.581. The molecule has 2 nitrogen and oxygen atoms in total. The van der Waals surface area contributed by atoms with Crippen LogP contribution in [0.5, 0.6) is 0 Å². The van der Waals surface area contributed by atoms with E-state index in [1.807, 2.05) is 0 Å². The van der Waals surface area contributed by atoms with Crippen LogP contribution in [-0.2, 0) is 0 Å². The van der Waals surface area contributed by atoms with E-state index in [9.17, 15) is 0 Å². The summed E-state index contributed by atoms with van der Waals surface area (Å²) in [6, 6.07) is 0.572. The molecule has 3 N–H and O–H groups in total. The van der Waals surface area contributed by atoms with Gasteiger partial charge >= 0.3 is 0 Å². The molecule has 100 valence electrons. The molecule has 0 aromatic heterocycles.